The Morgan fingerprint density at radius 2 is 2.05 bits per heavy atom. The van der Waals surface area contributed by atoms with Gasteiger partial charge in [-0.2, -0.15) is 0 Å². The van der Waals surface area contributed by atoms with Crippen molar-refractivity contribution >= 4 is 35.0 Å². The van der Waals surface area contributed by atoms with Crippen LogP contribution in [0.1, 0.15) is 12.8 Å². The van der Waals surface area contributed by atoms with Crippen molar-refractivity contribution < 1.29 is 14.4 Å². The first-order valence-corrected chi connectivity index (χ1v) is 6.93. The average molecular weight is 310 g/mol. The van der Waals surface area contributed by atoms with E-state index in [4.69, 9.17) is 11.6 Å². The molecule has 0 radical (unpaired) electrons. The van der Waals surface area contributed by atoms with Gasteiger partial charge in [-0.05, 0) is 30.7 Å². The lowest BCUT2D eigenvalue weighted by molar-refractivity contribution is -0.135. The topological polar surface area (TPSA) is 78.5 Å². The molecule has 2 N–H and O–H groups in total. The Morgan fingerprint density at radius 1 is 1.38 bits per heavy atom. The SMILES string of the molecule is CN(CC(=O)Nc1ccc(Cl)cc1)C(=O)[C@@H]1CCC(=O)N1. The molecule has 3 amide bonds. The highest BCUT2D eigenvalue weighted by molar-refractivity contribution is 6.30. The lowest BCUT2D eigenvalue weighted by Gasteiger charge is -2.20. The Kier molecular flexibility index (Phi) is 4.80. The number of nitrogens with zero attached hydrogens (tertiary/aromatic N) is 1. The molecule has 1 aromatic rings. The fourth-order valence-corrected chi connectivity index (χ4v) is 2.22. The van der Waals surface area contributed by atoms with Gasteiger partial charge >= 0.3 is 0 Å². The summed E-state index contributed by atoms with van der Waals surface area (Å²) in [5, 5.41) is 5.84. The molecule has 0 unspecified atom stereocenters. The van der Waals surface area contributed by atoms with Crippen molar-refractivity contribution in [1.29, 1.82) is 0 Å². The van der Waals surface area contributed by atoms with Crippen molar-refractivity contribution in [2.45, 2.75) is 18.9 Å². The van der Waals surface area contributed by atoms with E-state index < -0.39 is 6.04 Å². The van der Waals surface area contributed by atoms with E-state index in [0.717, 1.165) is 0 Å². The number of hydrogen-bond acceptors (Lipinski definition) is 3. The maximum Gasteiger partial charge on any atom is 0.245 e. The van der Waals surface area contributed by atoms with Gasteiger partial charge in [0, 0.05) is 24.2 Å². The second kappa shape index (κ2) is 6.58. The molecule has 6 nitrogen and oxygen atoms in total. The molecule has 0 aliphatic carbocycles. The smallest absolute Gasteiger partial charge is 0.245 e. The van der Waals surface area contributed by atoms with E-state index in [2.05, 4.69) is 10.6 Å². The molecule has 1 aliphatic rings. The van der Waals surface area contributed by atoms with Crippen LogP contribution >= 0.6 is 11.6 Å². The molecule has 0 aromatic heterocycles. The van der Waals surface area contributed by atoms with Crippen LogP contribution in [0.2, 0.25) is 5.02 Å². The average Bonchev–Trinajstić information content (AvgIpc) is 2.87. The van der Waals surface area contributed by atoms with E-state index in [0.29, 0.717) is 23.6 Å². The Labute approximate surface area is 127 Å². The summed E-state index contributed by atoms with van der Waals surface area (Å²) in [4.78, 5) is 36.3. The van der Waals surface area contributed by atoms with E-state index in [1.165, 1.54) is 11.9 Å². The van der Waals surface area contributed by atoms with E-state index in [1.807, 2.05) is 0 Å². The summed E-state index contributed by atoms with van der Waals surface area (Å²) in [6, 6.07) is 6.17. The molecule has 2 rings (SSSR count). The second-order valence-electron chi connectivity index (χ2n) is 4.91. The standard InChI is InChI=1S/C14H16ClN3O3/c1-18(14(21)11-6-7-12(19)17-11)8-13(20)16-10-4-2-9(15)3-5-10/h2-5,11H,6-8H2,1H3,(H,16,20)(H,17,19)/t11-/m0/s1. The lowest BCUT2D eigenvalue weighted by Crippen LogP contribution is -2.45. The summed E-state index contributed by atoms with van der Waals surface area (Å²) in [6.07, 6.45) is 0.821. The predicted octanol–water partition coefficient (Wildman–Crippen LogP) is 1.02. The molecule has 0 saturated carbocycles. The third-order valence-electron chi connectivity index (χ3n) is 3.18. The summed E-state index contributed by atoms with van der Waals surface area (Å²) in [7, 11) is 1.54. The van der Waals surface area contributed by atoms with E-state index >= 15 is 0 Å². The lowest BCUT2D eigenvalue weighted by atomic mass is 10.2. The van der Waals surface area contributed by atoms with Crippen LogP contribution in [0, 0.1) is 0 Å². The molecule has 21 heavy (non-hydrogen) atoms. The number of nitrogens with one attached hydrogen (secondary N) is 2. The molecule has 1 aromatic carbocycles. The van der Waals surface area contributed by atoms with Gasteiger partial charge in [-0.3, -0.25) is 14.4 Å². The maximum absolute atomic E-state index is 12.0. The number of hydrogen-bond donors (Lipinski definition) is 2. The van der Waals surface area contributed by atoms with E-state index in [-0.39, 0.29) is 24.3 Å². The third kappa shape index (κ3) is 4.19. The fraction of sp³-hybridized carbons (Fsp3) is 0.357. The van der Waals surface area contributed by atoms with Crippen molar-refractivity contribution in [3.05, 3.63) is 29.3 Å². The van der Waals surface area contributed by atoms with Gasteiger partial charge in [0.05, 0.1) is 6.54 Å². The zero-order valence-corrected chi connectivity index (χ0v) is 12.3. The zero-order chi connectivity index (χ0) is 15.4. The molecule has 1 aliphatic heterocycles. The molecule has 1 atom stereocenters. The van der Waals surface area contributed by atoms with Crippen LogP contribution in [0.3, 0.4) is 0 Å². The highest BCUT2D eigenvalue weighted by Crippen LogP contribution is 2.13. The van der Waals surface area contributed by atoms with Gasteiger partial charge in [0.15, 0.2) is 0 Å². The molecular weight excluding hydrogens is 294 g/mol. The van der Waals surface area contributed by atoms with Crippen molar-refractivity contribution in [2.75, 3.05) is 18.9 Å². The first-order chi connectivity index (χ1) is 9.95. The highest BCUT2D eigenvalue weighted by atomic mass is 35.5. The Bertz CT molecular complexity index is 559. The summed E-state index contributed by atoms with van der Waals surface area (Å²) in [6.45, 7) is -0.0756. The predicted molar refractivity (Wildman–Crippen MR) is 78.9 cm³/mol. The van der Waals surface area contributed by atoms with Crippen LogP contribution in [-0.2, 0) is 14.4 Å². The van der Waals surface area contributed by atoms with Crippen molar-refractivity contribution in [1.82, 2.24) is 10.2 Å². The molecule has 112 valence electrons. The zero-order valence-electron chi connectivity index (χ0n) is 11.6. The number of benzene rings is 1. The molecule has 1 fully saturated rings. The van der Waals surface area contributed by atoms with Crippen LogP contribution in [0.4, 0.5) is 5.69 Å². The van der Waals surface area contributed by atoms with Gasteiger partial charge in [0.2, 0.25) is 17.7 Å². The summed E-state index contributed by atoms with van der Waals surface area (Å²) < 4.78 is 0. The van der Waals surface area contributed by atoms with Gasteiger partial charge in [0.1, 0.15) is 6.04 Å². The Morgan fingerprint density at radius 3 is 2.62 bits per heavy atom. The minimum absolute atomic E-state index is 0.0756. The van der Waals surface area contributed by atoms with Gasteiger partial charge in [-0.1, -0.05) is 11.6 Å². The normalized spacial score (nSPS) is 17.2. The first-order valence-electron chi connectivity index (χ1n) is 6.55. The summed E-state index contributed by atoms with van der Waals surface area (Å²) in [5.41, 5.74) is 0.611. The molecule has 1 saturated heterocycles. The van der Waals surface area contributed by atoms with Crippen molar-refractivity contribution in [3.8, 4) is 0 Å². The number of carbonyl (C=O) groups is 3. The highest BCUT2D eigenvalue weighted by Gasteiger charge is 2.29. The first kappa shape index (κ1) is 15.3. The van der Waals surface area contributed by atoms with E-state index in [1.54, 1.807) is 24.3 Å². The molecule has 0 spiro atoms. The van der Waals surface area contributed by atoms with Crippen LogP contribution in [0.5, 0.6) is 0 Å². The van der Waals surface area contributed by atoms with Gasteiger partial charge in [-0.25, -0.2) is 0 Å². The van der Waals surface area contributed by atoms with Crippen LogP contribution in [0.25, 0.3) is 0 Å². The number of carbonyl (C=O) groups excluding carboxylic acids is 3. The van der Waals surface area contributed by atoms with Gasteiger partial charge in [-0.15, -0.1) is 0 Å². The molecule has 1 heterocycles. The number of amides is 3. The minimum atomic E-state index is -0.522. The Balaban J connectivity index is 1.85. The van der Waals surface area contributed by atoms with Crippen LogP contribution in [0.15, 0.2) is 24.3 Å². The van der Waals surface area contributed by atoms with Crippen LogP contribution in [-0.4, -0.2) is 42.3 Å². The number of anilines is 1. The minimum Gasteiger partial charge on any atom is -0.344 e. The summed E-state index contributed by atoms with van der Waals surface area (Å²) in [5.74, 6) is -0.697. The number of rotatable bonds is 4. The quantitative estimate of drug-likeness (QED) is 0.871. The second-order valence-corrected chi connectivity index (χ2v) is 5.34. The number of likely N-dealkylation sites (N-methyl/N-ethyl adjacent to an activating group) is 1. The van der Waals surface area contributed by atoms with Gasteiger partial charge < -0.3 is 15.5 Å². The van der Waals surface area contributed by atoms with E-state index in [9.17, 15) is 14.4 Å². The largest absolute Gasteiger partial charge is 0.344 e. The molecule has 0 bridgehead atoms. The Hall–Kier alpha value is -2.08. The third-order valence-corrected chi connectivity index (χ3v) is 3.43. The molecular formula is C14H16ClN3O3. The van der Waals surface area contributed by atoms with Crippen molar-refractivity contribution in [2.24, 2.45) is 0 Å². The van der Waals surface area contributed by atoms with Crippen molar-refractivity contribution in [3.63, 3.8) is 0 Å². The fourth-order valence-electron chi connectivity index (χ4n) is 2.09. The van der Waals surface area contributed by atoms with Crippen LogP contribution < -0.4 is 10.6 Å². The molecule has 7 heteroatoms. The maximum atomic E-state index is 12.0. The monoisotopic (exact) mass is 309 g/mol. The van der Waals surface area contributed by atoms with Gasteiger partial charge in [0.25, 0.3) is 0 Å². The number of halogens is 1. The summed E-state index contributed by atoms with van der Waals surface area (Å²) >= 11 is 5.76.